The average molecular weight is 695 g/mol. The highest BCUT2D eigenvalue weighted by Crippen LogP contribution is 2.65. The van der Waals surface area contributed by atoms with E-state index in [1.165, 1.54) is 9.21 Å². The molecule has 13 nitrogen and oxygen atoms in total. The minimum Gasteiger partial charge on any atom is -0.353 e. The van der Waals surface area contributed by atoms with Crippen LogP contribution in [0.15, 0.2) is 0 Å². The lowest BCUT2D eigenvalue weighted by molar-refractivity contribution is -0.148. The smallest absolute Gasteiger partial charge is 0.353 e. The third-order valence-corrected chi connectivity index (χ3v) is 11.6. The fourth-order valence-electron chi connectivity index (χ4n) is 6.62. The van der Waals surface area contributed by atoms with Crippen LogP contribution in [-0.4, -0.2) is 110 Å². The lowest BCUT2D eigenvalue weighted by Gasteiger charge is -2.38. The molecule has 4 N–H and O–H groups in total. The van der Waals surface area contributed by atoms with Crippen molar-refractivity contribution >= 4 is 39.6 Å². The van der Waals surface area contributed by atoms with E-state index in [4.69, 9.17) is 0 Å². The highest BCUT2D eigenvalue weighted by Gasteiger charge is 2.70. The van der Waals surface area contributed by atoms with Gasteiger partial charge in [0.15, 0.2) is 0 Å². The monoisotopic (exact) mass is 694 g/mol. The number of ketones is 1. The molecule has 0 spiro atoms. The van der Waals surface area contributed by atoms with E-state index >= 15 is 0 Å². The largest absolute Gasteiger partial charge is 0.389 e. The van der Waals surface area contributed by atoms with Gasteiger partial charge in [0.1, 0.15) is 12.1 Å². The number of nitrogens with zero attached hydrogens (tertiary/aromatic N) is 2. The molecule has 2 saturated heterocycles. The van der Waals surface area contributed by atoms with E-state index < -0.39 is 88.2 Å². The average Bonchev–Trinajstić information content (AvgIpc) is 3.24. The summed E-state index contributed by atoms with van der Waals surface area (Å²) in [5.74, 6) is -4.44. The lowest BCUT2D eigenvalue weighted by atomic mass is 9.85. The Labute approximate surface area is 274 Å². The predicted molar refractivity (Wildman–Crippen MR) is 166 cm³/mol. The molecule has 0 aromatic carbocycles. The summed E-state index contributed by atoms with van der Waals surface area (Å²) in [5, 5.41) is 9.92. The van der Waals surface area contributed by atoms with Gasteiger partial charge in [-0.3, -0.25) is 19.2 Å². The Morgan fingerprint density at radius 1 is 1.00 bits per heavy atom. The van der Waals surface area contributed by atoms with Crippen LogP contribution in [0.5, 0.6) is 0 Å². The van der Waals surface area contributed by atoms with Crippen LogP contribution < -0.4 is 21.3 Å². The first-order chi connectivity index (χ1) is 21.4. The maximum absolute atomic E-state index is 14.2. The van der Waals surface area contributed by atoms with Gasteiger partial charge in [0, 0.05) is 39.1 Å². The van der Waals surface area contributed by atoms with Gasteiger partial charge in [-0.15, -0.1) is 0 Å². The van der Waals surface area contributed by atoms with Crippen molar-refractivity contribution in [3.8, 4) is 0 Å². The molecule has 2 aliphatic heterocycles. The van der Waals surface area contributed by atoms with Crippen LogP contribution in [0, 0.1) is 28.6 Å². The second kappa shape index (κ2) is 13.9. The van der Waals surface area contributed by atoms with Gasteiger partial charge in [0.25, 0.3) is 5.91 Å². The molecule has 0 aromatic rings. The second-order valence-electron chi connectivity index (χ2n) is 14.8. The Kier molecular flexibility index (Phi) is 11.4. The van der Waals surface area contributed by atoms with Gasteiger partial charge in [0.2, 0.25) is 27.6 Å². The summed E-state index contributed by atoms with van der Waals surface area (Å²) in [4.78, 5) is 67.2. The van der Waals surface area contributed by atoms with Crippen LogP contribution in [0.3, 0.4) is 0 Å². The number of fused-ring (bicyclic) bond motifs is 1. The second-order valence-corrected chi connectivity index (χ2v) is 16.9. The molecule has 0 radical (unpaired) electrons. The van der Waals surface area contributed by atoms with Gasteiger partial charge in [-0.05, 0) is 41.4 Å². The number of likely N-dealkylation sites (N-methyl/N-ethyl adjacent to an activating group) is 1. The van der Waals surface area contributed by atoms with Crippen LogP contribution in [-0.2, 0) is 29.2 Å². The molecule has 5 amide bonds. The third kappa shape index (κ3) is 8.95. The number of sulfonamides is 1. The Morgan fingerprint density at radius 3 is 2.11 bits per heavy atom. The molecule has 2 heterocycles. The Morgan fingerprint density at radius 2 is 1.62 bits per heavy atom. The predicted octanol–water partition coefficient (Wildman–Crippen LogP) is 1.39. The number of Topliss-reactive ketones (excluding diaryl/α,β-unsaturated/α-hetero) is 1. The van der Waals surface area contributed by atoms with Crippen LogP contribution in [0.4, 0.5) is 18.0 Å². The highest BCUT2D eigenvalue weighted by molar-refractivity contribution is 7.89. The van der Waals surface area contributed by atoms with E-state index in [9.17, 15) is 45.6 Å². The van der Waals surface area contributed by atoms with Crippen molar-refractivity contribution in [2.45, 2.75) is 98.1 Å². The van der Waals surface area contributed by atoms with Crippen LogP contribution in [0.25, 0.3) is 0 Å². The SMILES string of the molecule is CNC(=O)C(=O)C(CCC(F)(F)F)NC(=O)[C@@H]1[C@@H]2[C@H](CN1C(=O)[C@@H](NC(=O)N[C@H](CN1CCCS1(=O)=O)C(C)C)C(C)(C)C)C2(C)C. The zero-order chi connectivity index (χ0) is 35.9. The van der Waals surface area contributed by atoms with Crippen LogP contribution >= 0.6 is 0 Å². The van der Waals surface area contributed by atoms with Gasteiger partial charge in [-0.1, -0.05) is 48.5 Å². The van der Waals surface area contributed by atoms with Crippen molar-refractivity contribution in [2.75, 3.05) is 32.4 Å². The van der Waals surface area contributed by atoms with Crippen molar-refractivity contribution in [3.05, 3.63) is 0 Å². The molecule has 0 aromatic heterocycles. The van der Waals surface area contributed by atoms with Crippen LogP contribution in [0.1, 0.15) is 67.7 Å². The number of urea groups is 1. The van der Waals surface area contributed by atoms with Gasteiger partial charge in [-0.2, -0.15) is 17.5 Å². The number of carbonyl (C=O) groups is 5. The van der Waals surface area contributed by atoms with E-state index in [1.807, 2.05) is 27.7 Å². The Hall–Kier alpha value is -2.95. The van der Waals surface area contributed by atoms with Crippen molar-refractivity contribution in [2.24, 2.45) is 28.6 Å². The fourth-order valence-corrected chi connectivity index (χ4v) is 8.17. The summed E-state index contributed by atoms with van der Waals surface area (Å²) in [6.45, 7) is 13.2. The van der Waals surface area contributed by atoms with Gasteiger partial charge < -0.3 is 26.2 Å². The molecule has 3 aliphatic rings. The standard InChI is InChI=1S/C30H49F3N6O7S/c1-16(2)19(15-38-12-9-13-47(38,45)46)36-27(44)37-23(28(3,4)5)26(43)39-14-17-20(29(17,6)7)21(39)24(41)35-18(10-11-30(31,32)33)22(40)25(42)34-8/h16-21,23H,9-15H2,1-8H3,(H,34,42)(H,35,41)(H2,36,37,44)/t17-,18?,19+,20-,21-,23+/m0/s1. The minimum absolute atomic E-state index is 0.0387. The molecular weight excluding hydrogens is 645 g/mol. The molecule has 1 aliphatic carbocycles. The molecule has 3 fully saturated rings. The van der Waals surface area contributed by atoms with E-state index in [0.717, 1.165) is 7.05 Å². The van der Waals surface area contributed by atoms with Crippen molar-refractivity contribution in [3.63, 3.8) is 0 Å². The normalized spacial score (nSPS) is 25.4. The molecule has 47 heavy (non-hydrogen) atoms. The van der Waals surface area contributed by atoms with Crippen LogP contribution in [0.2, 0.25) is 0 Å². The van der Waals surface area contributed by atoms with E-state index in [1.54, 1.807) is 20.8 Å². The molecule has 1 unspecified atom stereocenters. The number of halogens is 3. The Balaban J connectivity index is 1.82. The molecule has 268 valence electrons. The number of piperidine rings is 1. The fraction of sp³-hybridized carbons (Fsp3) is 0.833. The first-order valence-corrected chi connectivity index (χ1v) is 17.5. The minimum atomic E-state index is -4.64. The number of carbonyl (C=O) groups excluding carboxylic acids is 5. The number of nitrogens with one attached hydrogen (secondary N) is 4. The summed E-state index contributed by atoms with van der Waals surface area (Å²) in [6.07, 6.45) is -6.43. The quantitative estimate of drug-likeness (QED) is 0.224. The van der Waals surface area contributed by atoms with E-state index in [0.29, 0.717) is 13.0 Å². The summed E-state index contributed by atoms with van der Waals surface area (Å²) in [6, 6.07) is -5.36. The summed E-state index contributed by atoms with van der Waals surface area (Å²) in [7, 11) is -2.27. The van der Waals surface area contributed by atoms with Crippen molar-refractivity contribution in [1.29, 1.82) is 0 Å². The molecular formula is C30H49F3N6O7S. The van der Waals surface area contributed by atoms with Crippen molar-refractivity contribution < 1.29 is 45.6 Å². The summed E-state index contributed by atoms with van der Waals surface area (Å²) >= 11 is 0. The first kappa shape index (κ1) is 38.5. The van der Waals surface area contributed by atoms with Gasteiger partial charge >= 0.3 is 12.2 Å². The maximum atomic E-state index is 14.2. The molecule has 1 saturated carbocycles. The molecule has 6 atom stereocenters. The number of alkyl halides is 3. The Bertz CT molecular complexity index is 1350. The summed E-state index contributed by atoms with van der Waals surface area (Å²) < 4.78 is 65.2. The highest BCUT2D eigenvalue weighted by atomic mass is 32.2. The van der Waals surface area contributed by atoms with Gasteiger partial charge in [0.05, 0.1) is 11.8 Å². The topological polar surface area (TPSA) is 174 Å². The first-order valence-electron chi connectivity index (χ1n) is 15.9. The zero-order valence-electron chi connectivity index (χ0n) is 28.3. The number of likely N-dealkylation sites (tertiary alicyclic amines) is 1. The zero-order valence-corrected chi connectivity index (χ0v) is 29.1. The number of hydrogen-bond acceptors (Lipinski definition) is 7. The van der Waals surface area contributed by atoms with Crippen molar-refractivity contribution in [1.82, 2.24) is 30.5 Å². The molecule has 0 bridgehead atoms. The number of rotatable bonds is 12. The van der Waals surface area contributed by atoms with E-state index in [-0.39, 0.29) is 42.0 Å². The van der Waals surface area contributed by atoms with Gasteiger partial charge in [-0.25, -0.2) is 13.2 Å². The summed E-state index contributed by atoms with van der Waals surface area (Å²) in [5.41, 5.74) is -1.25. The number of hydrogen-bond donors (Lipinski definition) is 4. The number of amides is 5. The molecule has 3 rings (SSSR count). The lowest BCUT2D eigenvalue weighted by Crippen LogP contribution is -2.62. The third-order valence-electron chi connectivity index (χ3n) is 9.67. The van der Waals surface area contributed by atoms with E-state index in [2.05, 4.69) is 21.3 Å². The molecule has 17 heteroatoms. The maximum Gasteiger partial charge on any atom is 0.389 e.